The van der Waals surface area contributed by atoms with Gasteiger partial charge in [-0.2, -0.15) is 8.78 Å². The molecule has 0 spiro atoms. The van der Waals surface area contributed by atoms with Crippen molar-refractivity contribution in [1.29, 1.82) is 0 Å². The van der Waals surface area contributed by atoms with E-state index in [-0.39, 0.29) is 5.91 Å². The fourth-order valence-corrected chi connectivity index (χ4v) is 3.19. The Hall–Kier alpha value is -2.32. The Morgan fingerprint density at radius 2 is 1.88 bits per heavy atom. The van der Waals surface area contributed by atoms with Gasteiger partial charge in [-0.3, -0.25) is 14.3 Å². The van der Waals surface area contributed by atoms with Crippen LogP contribution in [0.15, 0.2) is 42.7 Å². The lowest BCUT2D eigenvalue weighted by Crippen LogP contribution is -2.56. The average molecular weight is 363 g/mol. The summed E-state index contributed by atoms with van der Waals surface area (Å²) in [6.45, 7) is 1.65. The van der Waals surface area contributed by atoms with Crippen LogP contribution in [0.5, 0.6) is 0 Å². The van der Waals surface area contributed by atoms with Crippen LogP contribution in [0.3, 0.4) is 0 Å². The second-order valence-electron chi connectivity index (χ2n) is 6.67. The number of alkyl halides is 2. The summed E-state index contributed by atoms with van der Waals surface area (Å²) in [6, 6.07) is 9.29. The molecule has 1 aliphatic rings. The van der Waals surface area contributed by atoms with Gasteiger partial charge in [-0.25, -0.2) is 4.98 Å². The number of halogens is 2. The summed E-state index contributed by atoms with van der Waals surface area (Å²) in [5.41, 5.74) is 5.99. The highest BCUT2D eigenvalue weighted by Gasteiger charge is 2.35. The monoisotopic (exact) mass is 363 g/mol. The van der Waals surface area contributed by atoms with Crippen LogP contribution in [0.4, 0.5) is 8.78 Å². The van der Waals surface area contributed by atoms with Crippen molar-refractivity contribution < 1.29 is 13.6 Å². The molecule has 2 heterocycles. The highest BCUT2D eigenvalue weighted by atomic mass is 19.3. The van der Waals surface area contributed by atoms with Crippen molar-refractivity contribution in [1.82, 2.24) is 19.4 Å². The minimum absolute atomic E-state index is 0.127. The Morgan fingerprint density at radius 1 is 1.23 bits per heavy atom. The van der Waals surface area contributed by atoms with Crippen LogP contribution in [-0.4, -0.2) is 51.4 Å². The van der Waals surface area contributed by atoms with Gasteiger partial charge in [-0.15, -0.1) is 0 Å². The van der Waals surface area contributed by atoms with Gasteiger partial charge >= 0.3 is 6.55 Å². The molecule has 1 unspecified atom stereocenters. The molecule has 0 bridgehead atoms. The van der Waals surface area contributed by atoms with E-state index >= 15 is 0 Å². The van der Waals surface area contributed by atoms with Gasteiger partial charge in [-0.1, -0.05) is 30.3 Å². The van der Waals surface area contributed by atoms with Crippen LogP contribution >= 0.6 is 0 Å². The van der Waals surface area contributed by atoms with E-state index < -0.39 is 12.1 Å². The van der Waals surface area contributed by atoms with E-state index in [2.05, 4.69) is 4.98 Å². The first-order chi connectivity index (χ1) is 12.4. The molecule has 0 radical (unpaired) electrons. The predicted octanol–water partition coefficient (Wildman–Crippen LogP) is 1.80. The number of piperazine rings is 1. The van der Waals surface area contributed by atoms with Crippen molar-refractivity contribution in [3.05, 3.63) is 54.1 Å². The summed E-state index contributed by atoms with van der Waals surface area (Å²) in [5.74, 6) is 0.199. The predicted molar refractivity (Wildman–Crippen MR) is 93.3 cm³/mol. The maximum absolute atomic E-state index is 12.9. The summed E-state index contributed by atoms with van der Waals surface area (Å²) >= 11 is 0. The molecule has 26 heavy (non-hydrogen) atoms. The minimum atomic E-state index is -2.60. The van der Waals surface area contributed by atoms with Crippen LogP contribution in [0.1, 0.15) is 24.9 Å². The fourth-order valence-electron chi connectivity index (χ4n) is 3.19. The number of nitrogens with two attached hydrogens (primary N) is 1. The molecule has 140 valence electrons. The molecule has 2 aromatic rings. The molecule has 0 saturated carbocycles. The highest BCUT2D eigenvalue weighted by Crippen LogP contribution is 2.22. The van der Waals surface area contributed by atoms with Gasteiger partial charge in [0, 0.05) is 38.6 Å². The summed E-state index contributed by atoms with van der Waals surface area (Å²) in [4.78, 5) is 20.6. The largest absolute Gasteiger partial charge is 0.338 e. The lowest BCUT2D eigenvalue weighted by molar-refractivity contribution is -0.138. The van der Waals surface area contributed by atoms with E-state index in [4.69, 9.17) is 5.73 Å². The van der Waals surface area contributed by atoms with Gasteiger partial charge in [0.1, 0.15) is 11.4 Å². The van der Waals surface area contributed by atoms with Crippen LogP contribution in [-0.2, 0) is 16.9 Å². The summed E-state index contributed by atoms with van der Waals surface area (Å²) in [6.07, 6.45) is 2.65. The summed E-state index contributed by atoms with van der Waals surface area (Å²) in [5, 5.41) is 0. The maximum atomic E-state index is 12.9. The molecule has 0 aliphatic carbocycles. The topological polar surface area (TPSA) is 67.4 Å². The number of carbonyl (C=O) groups excluding carboxylic acids is 1. The number of hydrogen-bond donors (Lipinski definition) is 1. The molecule has 2 N–H and O–H groups in total. The van der Waals surface area contributed by atoms with Crippen molar-refractivity contribution in [3.8, 4) is 0 Å². The van der Waals surface area contributed by atoms with Crippen molar-refractivity contribution in [2.75, 3.05) is 26.2 Å². The van der Waals surface area contributed by atoms with Gasteiger partial charge in [0.25, 0.3) is 0 Å². The zero-order valence-electron chi connectivity index (χ0n) is 14.7. The van der Waals surface area contributed by atoms with Crippen molar-refractivity contribution in [3.63, 3.8) is 0 Å². The average Bonchev–Trinajstić information content (AvgIpc) is 3.11. The molecule has 6 nitrogen and oxygen atoms in total. The Morgan fingerprint density at radius 3 is 2.50 bits per heavy atom. The lowest BCUT2D eigenvalue weighted by atomic mass is 9.91. The van der Waals surface area contributed by atoms with Crippen molar-refractivity contribution >= 4 is 5.91 Å². The van der Waals surface area contributed by atoms with Gasteiger partial charge in [-0.05, 0) is 12.5 Å². The van der Waals surface area contributed by atoms with E-state index in [9.17, 15) is 13.6 Å². The second-order valence-corrected chi connectivity index (χ2v) is 6.67. The van der Waals surface area contributed by atoms with Crippen molar-refractivity contribution in [2.45, 2.75) is 25.6 Å². The number of aromatic nitrogens is 2. The Bertz CT molecular complexity index is 739. The first-order valence-electron chi connectivity index (χ1n) is 8.55. The third-order valence-corrected chi connectivity index (χ3v) is 4.80. The Kier molecular flexibility index (Phi) is 5.33. The van der Waals surface area contributed by atoms with E-state index in [1.807, 2.05) is 35.2 Å². The maximum Gasteiger partial charge on any atom is 0.319 e. The van der Waals surface area contributed by atoms with Crippen molar-refractivity contribution in [2.24, 2.45) is 5.73 Å². The SMILES string of the molecule is CC(N)(C(=O)N1CCN(Cc2nccn2C(F)F)CC1)c1ccccc1. The molecular formula is C18H23F2N5O. The number of imidazole rings is 1. The highest BCUT2D eigenvalue weighted by molar-refractivity contribution is 5.87. The summed E-state index contributed by atoms with van der Waals surface area (Å²) < 4.78 is 26.7. The molecule has 1 aromatic carbocycles. The number of amides is 1. The zero-order chi connectivity index (χ0) is 18.7. The number of carbonyl (C=O) groups is 1. The van der Waals surface area contributed by atoms with E-state index in [1.54, 1.807) is 11.8 Å². The van der Waals surface area contributed by atoms with Crippen LogP contribution in [0.2, 0.25) is 0 Å². The standard InChI is InChI=1S/C18H23F2N5O/c1-18(21,14-5-3-2-4-6-14)16(26)24-11-9-23(10-12-24)13-15-22-7-8-25(15)17(19)20/h2-8,17H,9-13,21H2,1H3. The Labute approximate surface area is 151 Å². The quantitative estimate of drug-likeness (QED) is 0.880. The molecular weight excluding hydrogens is 340 g/mol. The first kappa shape index (κ1) is 18.5. The Balaban J connectivity index is 1.60. The molecule has 1 aromatic heterocycles. The van der Waals surface area contributed by atoms with E-state index in [1.165, 1.54) is 12.4 Å². The second kappa shape index (κ2) is 7.51. The van der Waals surface area contributed by atoms with Crippen LogP contribution in [0, 0.1) is 0 Å². The smallest absolute Gasteiger partial charge is 0.319 e. The van der Waals surface area contributed by atoms with E-state index in [0.29, 0.717) is 38.5 Å². The normalized spacial score (nSPS) is 18.1. The molecule has 1 aliphatic heterocycles. The third kappa shape index (κ3) is 3.76. The van der Waals surface area contributed by atoms with Gasteiger partial charge in [0.05, 0.1) is 6.54 Å². The minimum Gasteiger partial charge on any atom is -0.338 e. The molecule has 1 fully saturated rings. The fraction of sp³-hybridized carbons (Fsp3) is 0.444. The summed E-state index contributed by atoms with van der Waals surface area (Å²) in [7, 11) is 0. The van der Waals surface area contributed by atoms with Gasteiger partial charge in [0.15, 0.2) is 0 Å². The third-order valence-electron chi connectivity index (χ3n) is 4.80. The van der Waals surface area contributed by atoms with Crippen LogP contribution < -0.4 is 5.73 Å². The number of rotatable bonds is 5. The molecule has 1 amide bonds. The van der Waals surface area contributed by atoms with Crippen LogP contribution in [0.25, 0.3) is 0 Å². The molecule has 3 rings (SSSR count). The lowest BCUT2D eigenvalue weighted by Gasteiger charge is -2.38. The first-order valence-corrected chi connectivity index (χ1v) is 8.55. The number of benzene rings is 1. The van der Waals surface area contributed by atoms with Gasteiger partial charge < -0.3 is 10.6 Å². The zero-order valence-corrected chi connectivity index (χ0v) is 14.7. The number of nitrogens with zero attached hydrogens (tertiary/aromatic N) is 4. The van der Waals surface area contributed by atoms with E-state index in [0.717, 1.165) is 10.1 Å². The van der Waals surface area contributed by atoms with Gasteiger partial charge in [0.2, 0.25) is 5.91 Å². The molecule has 8 heteroatoms. The molecule has 1 saturated heterocycles. The number of hydrogen-bond acceptors (Lipinski definition) is 4. The molecule has 1 atom stereocenters.